The molecule has 3 rings (SSSR count). The van der Waals surface area contributed by atoms with E-state index in [9.17, 15) is 8.78 Å². The summed E-state index contributed by atoms with van der Waals surface area (Å²) in [5.74, 6) is 0.373. The van der Waals surface area contributed by atoms with E-state index in [1.54, 1.807) is 18.2 Å². The van der Waals surface area contributed by atoms with Gasteiger partial charge in [-0.1, -0.05) is 42.5 Å². The third-order valence-corrected chi connectivity index (χ3v) is 4.23. The van der Waals surface area contributed by atoms with Crippen molar-refractivity contribution in [3.05, 3.63) is 66.0 Å². The third kappa shape index (κ3) is 4.21. The zero-order valence-corrected chi connectivity index (χ0v) is 14.0. The van der Waals surface area contributed by atoms with Gasteiger partial charge in [0, 0.05) is 19.6 Å². The van der Waals surface area contributed by atoms with Crippen LogP contribution in [0.1, 0.15) is 17.9 Å². The van der Waals surface area contributed by atoms with E-state index < -0.39 is 6.55 Å². The number of halogens is 2. The van der Waals surface area contributed by atoms with Gasteiger partial charge >= 0.3 is 6.55 Å². The highest BCUT2D eigenvalue weighted by molar-refractivity contribution is 5.75. The number of nitrogens with zero attached hydrogens (tertiary/aromatic N) is 3. The predicted octanol–water partition coefficient (Wildman–Crippen LogP) is 3.43. The highest BCUT2D eigenvalue weighted by Gasteiger charge is 2.19. The van der Waals surface area contributed by atoms with Gasteiger partial charge in [-0.3, -0.25) is 9.47 Å². The molecule has 0 saturated carbocycles. The number of benzene rings is 2. The number of alkyl halides is 2. The zero-order chi connectivity index (χ0) is 17.6. The molecule has 0 radical (unpaired) electrons. The largest absolute Gasteiger partial charge is 0.329 e. The van der Waals surface area contributed by atoms with Crippen LogP contribution in [0.3, 0.4) is 0 Å². The number of fused-ring (bicyclic) bond motifs is 1. The summed E-state index contributed by atoms with van der Waals surface area (Å²) < 4.78 is 28.1. The van der Waals surface area contributed by atoms with E-state index in [1.807, 2.05) is 24.3 Å². The van der Waals surface area contributed by atoms with Crippen molar-refractivity contribution in [1.29, 1.82) is 0 Å². The summed E-state index contributed by atoms with van der Waals surface area (Å²) in [6.45, 7) is -0.407. The number of aromatic nitrogens is 2. The predicted molar refractivity (Wildman–Crippen MR) is 95.5 cm³/mol. The highest BCUT2D eigenvalue weighted by Crippen LogP contribution is 2.24. The molecule has 0 saturated heterocycles. The van der Waals surface area contributed by atoms with E-state index in [0.29, 0.717) is 36.5 Å². The van der Waals surface area contributed by atoms with Crippen LogP contribution >= 0.6 is 0 Å². The van der Waals surface area contributed by atoms with Crippen LogP contribution < -0.4 is 5.73 Å². The second-order valence-corrected chi connectivity index (χ2v) is 5.96. The van der Waals surface area contributed by atoms with E-state index in [2.05, 4.69) is 22.0 Å². The number of hydrogen-bond donors (Lipinski definition) is 1. The number of hydrogen-bond acceptors (Lipinski definition) is 3. The van der Waals surface area contributed by atoms with Gasteiger partial charge in [0.2, 0.25) is 0 Å². The summed E-state index contributed by atoms with van der Waals surface area (Å²) in [7, 11) is 0. The quantitative estimate of drug-likeness (QED) is 0.681. The fourth-order valence-corrected chi connectivity index (χ4v) is 3.01. The third-order valence-electron chi connectivity index (χ3n) is 4.23. The smallest absolute Gasteiger partial charge is 0.320 e. The maximum atomic E-state index is 13.6. The summed E-state index contributed by atoms with van der Waals surface area (Å²) in [5, 5.41) is 0. The monoisotopic (exact) mass is 344 g/mol. The van der Waals surface area contributed by atoms with Gasteiger partial charge in [-0.25, -0.2) is 4.98 Å². The van der Waals surface area contributed by atoms with Gasteiger partial charge in [-0.2, -0.15) is 8.78 Å². The molecule has 1 aromatic heterocycles. The standard InChI is InChI=1S/C19H22F2N4/c20-19(21)25-17-9-5-4-8-16(17)23-18(25)14-24(13-11-22)12-10-15-6-2-1-3-7-15/h1-9,19H,10-14,22H2. The average molecular weight is 344 g/mol. The maximum Gasteiger partial charge on any atom is 0.320 e. The Morgan fingerprint density at radius 3 is 2.44 bits per heavy atom. The minimum Gasteiger partial charge on any atom is -0.329 e. The summed E-state index contributed by atoms with van der Waals surface area (Å²) in [6.07, 6.45) is 0.843. The lowest BCUT2D eigenvalue weighted by Gasteiger charge is -2.21. The van der Waals surface area contributed by atoms with Gasteiger partial charge in [0.1, 0.15) is 5.82 Å². The van der Waals surface area contributed by atoms with Crippen LogP contribution in [0.2, 0.25) is 0 Å². The molecule has 132 valence electrons. The Kier molecular flexibility index (Phi) is 5.73. The Morgan fingerprint density at radius 2 is 1.72 bits per heavy atom. The average Bonchev–Trinajstić information content (AvgIpc) is 2.99. The molecule has 0 atom stereocenters. The molecule has 0 aliphatic rings. The molecule has 2 aromatic carbocycles. The molecule has 0 unspecified atom stereocenters. The molecular formula is C19H22F2N4. The lowest BCUT2D eigenvalue weighted by molar-refractivity contribution is 0.0684. The van der Waals surface area contributed by atoms with Crippen LogP contribution in [0.5, 0.6) is 0 Å². The van der Waals surface area contributed by atoms with Gasteiger partial charge < -0.3 is 5.73 Å². The summed E-state index contributed by atoms with van der Waals surface area (Å²) in [4.78, 5) is 6.49. The normalized spacial score (nSPS) is 11.7. The van der Waals surface area contributed by atoms with Crippen LogP contribution in [0.15, 0.2) is 54.6 Å². The number of nitrogens with two attached hydrogens (primary N) is 1. The van der Waals surface area contributed by atoms with Crippen LogP contribution in [0.25, 0.3) is 11.0 Å². The highest BCUT2D eigenvalue weighted by atomic mass is 19.3. The van der Waals surface area contributed by atoms with Gasteiger partial charge in [-0.05, 0) is 24.1 Å². The van der Waals surface area contributed by atoms with Gasteiger partial charge in [0.05, 0.1) is 17.6 Å². The lowest BCUT2D eigenvalue weighted by atomic mass is 10.1. The zero-order valence-electron chi connectivity index (χ0n) is 14.0. The Morgan fingerprint density at radius 1 is 1.00 bits per heavy atom. The van der Waals surface area contributed by atoms with Crippen molar-refractivity contribution >= 4 is 11.0 Å². The number of rotatable bonds is 8. The van der Waals surface area contributed by atoms with E-state index >= 15 is 0 Å². The van der Waals surface area contributed by atoms with Crippen molar-refractivity contribution in [1.82, 2.24) is 14.5 Å². The molecule has 0 spiro atoms. The Hall–Kier alpha value is -2.31. The first-order chi connectivity index (χ1) is 12.2. The molecule has 0 bridgehead atoms. The maximum absolute atomic E-state index is 13.6. The molecule has 4 nitrogen and oxygen atoms in total. The van der Waals surface area contributed by atoms with Crippen LogP contribution in [-0.4, -0.2) is 34.1 Å². The molecule has 25 heavy (non-hydrogen) atoms. The molecule has 3 aromatic rings. The molecular weight excluding hydrogens is 322 g/mol. The molecule has 0 aliphatic carbocycles. The van der Waals surface area contributed by atoms with Crippen molar-refractivity contribution in [2.75, 3.05) is 19.6 Å². The van der Waals surface area contributed by atoms with Crippen molar-refractivity contribution < 1.29 is 8.78 Å². The van der Waals surface area contributed by atoms with Gasteiger partial charge in [-0.15, -0.1) is 0 Å². The Balaban J connectivity index is 1.79. The van der Waals surface area contributed by atoms with Crippen molar-refractivity contribution in [2.45, 2.75) is 19.5 Å². The van der Waals surface area contributed by atoms with E-state index in [-0.39, 0.29) is 0 Å². The molecule has 1 heterocycles. The van der Waals surface area contributed by atoms with Crippen LogP contribution in [0, 0.1) is 0 Å². The Labute approximate surface area is 145 Å². The first-order valence-electron chi connectivity index (χ1n) is 8.39. The van der Waals surface area contributed by atoms with Crippen molar-refractivity contribution in [2.24, 2.45) is 5.73 Å². The molecule has 0 amide bonds. The fraction of sp³-hybridized carbons (Fsp3) is 0.316. The molecule has 0 fully saturated rings. The minimum absolute atomic E-state index is 0.350. The van der Waals surface area contributed by atoms with E-state index in [0.717, 1.165) is 17.5 Å². The molecule has 2 N–H and O–H groups in total. The lowest BCUT2D eigenvalue weighted by Crippen LogP contribution is -2.32. The number of imidazole rings is 1. The summed E-state index contributed by atoms with van der Waals surface area (Å²) >= 11 is 0. The van der Waals surface area contributed by atoms with Crippen molar-refractivity contribution in [3.63, 3.8) is 0 Å². The van der Waals surface area contributed by atoms with E-state index in [1.165, 1.54) is 5.56 Å². The summed E-state index contributed by atoms with van der Waals surface area (Å²) in [6, 6.07) is 17.1. The van der Waals surface area contributed by atoms with Gasteiger partial charge in [0.25, 0.3) is 0 Å². The first kappa shape index (κ1) is 17.5. The molecule has 6 heteroatoms. The van der Waals surface area contributed by atoms with Crippen LogP contribution in [0.4, 0.5) is 8.78 Å². The fourth-order valence-electron chi connectivity index (χ4n) is 3.01. The van der Waals surface area contributed by atoms with E-state index in [4.69, 9.17) is 5.73 Å². The minimum atomic E-state index is -2.61. The van der Waals surface area contributed by atoms with Crippen LogP contribution in [-0.2, 0) is 13.0 Å². The Bertz CT molecular complexity index is 802. The first-order valence-corrected chi connectivity index (χ1v) is 8.39. The molecule has 0 aliphatic heterocycles. The SMILES string of the molecule is NCCN(CCc1ccccc1)Cc1nc2ccccc2n1C(F)F. The summed E-state index contributed by atoms with van der Waals surface area (Å²) in [5.41, 5.74) is 7.98. The van der Waals surface area contributed by atoms with Crippen molar-refractivity contribution in [3.8, 4) is 0 Å². The van der Waals surface area contributed by atoms with Gasteiger partial charge in [0.15, 0.2) is 0 Å². The second-order valence-electron chi connectivity index (χ2n) is 5.96. The second kappa shape index (κ2) is 8.18. The topological polar surface area (TPSA) is 47.1 Å². The number of para-hydroxylation sites is 2.